The van der Waals surface area contributed by atoms with E-state index in [0.717, 1.165) is 11.1 Å². The van der Waals surface area contributed by atoms with E-state index in [1.54, 1.807) is 7.11 Å². The summed E-state index contributed by atoms with van der Waals surface area (Å²) in [5.41, 5.74) is 4.69. The van der Waals surface area contributed by atoms with Crippen molar-refractivity contribution < 1.29 is 14.4 Å². The van der Waals surface area contributed by atoms with E-state index in [2.05, 4.69) is 5.48 Å². The van der Waals surface area contributed by atoms with E-state index in [-0.39, 0.29) is 11.8 Å². The SMILES string of the molecule is COCCONC(=O)CC(c1ccccc1)c1ccccc1. The number of carbonyl (C=O) groups excluding carboxylic acids is 1. The fourth-order valence-electron chi connectivity index (χ4n) is 2.28. The molecule has 0 unspecified atom stereocenters. The molecular formula is C18H21NO3. The molecule has 1 amide bonds. The Balaban J connectivity index is 2.04. The van der Waals surface area contributed by atoms with E-state index in [4.69, 9.17) is 9.57 Å². The fraction of sp³-hybridized carbons (Fsp3) is 0.278. The molecule has 0 aliphatic carbocycles. The maximum Gasteiger partial charge on any atom is 0.244 e. The maximum atomic E-state index is 12.1. The second-order valence-corrected chi connectivity index (χ2v) is 4.94. The zero-order valence-electron chi connectivity index (χ0n) is 12.7. The van der Waals surface area contributed by atoms with Crippen molar-refractivity contribution in [1.29, 1.82) is 0 Å². The highest BCUT2D eigenvalue weighted by molar-refractivity contribution is 5.76. The molecule has 0 fully saturated rings. The highest BCUT2D eigenvalue weighted by Crippen LogP contribution is 2.27. The first-order valence-corrected chi connectivity index (χ1v) is 7.30. The topological polar surface area (TPSA) is 47.6 Å². The van der Waals surface area contributed by atoms with Gasteiger partial charge in [-0.3, -0.25) is 9.63 Å². The largest absolute Gasteiger partial charge is 0.382 e. The standard InChI is InChI=1S/C18H21NO3/c1-21-12-13-22-19-18(20)14-17(15-8-4-2-5-9-15)16-10-6-3-7-11-16/h2-11,17H,12-14H2,1H3,(H,19,20). The first kappa shape index (κ1) is 16.2. The molecule has 0 spiro atoms. The number of hydrogen-bond donors (Lipinski definition) is 1. The minimum absolute atomic E-state index is 0.00780. The molecule has 0 atom stereocenters. The van der Waals surface area contributed by atoms with Crippen molar-refractivity contribution in [3.8, 4) is 0 Å². The minimum atomic E-state index is -0.145. The zero-order valence-corrected chi connectivity index (χ0v) is 12.7. The summed E-state index contributed by atoms with van der Waals surface area (Å²) in [5, 5.41) is 0. The number of amides is 1. The Morgan fingerprint density at radius 3 is 2.00 bits per heavy atom. The summed E-state index contributed by atoms with van der Waals surface area (Å²) < 4.78 is 4.87. The van der Waals surface area contributed by atoms with Gasteiger partial charge in [-0.25, -0.2) is 5.48 Å². The van der Waals surface area contributed by atoms with Gasteiger partial charge >= 0.3 is 0 Å². The first-order chi connectivity index (χ1) is 10.8. The van der Waals surface area contributed by atoms with Crippen LogP contribution in [0.5, 0.6) is 0 Å². The van der Waals surface area contributed by atoms with Crippen molar-refractivity contribution in [2.75, 3.05) is 20.3 Å². The lowest BCUT2D eigenvalue weighted by Crippen LogP contribution is -2.27. The summed E-state index contributed by atoms with van der Waals surface area (Å²) in [6.45, 7) is 0.782. The van der Waals surface area contributed by atoms with Crippen LogP contribution in [0, 0.1) is 0 Å². The second-order valence-electron chi connectivity index (χ2n) is 4.94. The molecule has 0 heterocycles. The van der Waals surface area contributed by atoms with Crippen LogP contribution in [0.1, 0.15) is 23.5 Å². The van der Waals surface area contributed by atoms with Gasteiger partial charge in [0.15, 0.2) is 0 Å². The third-order valence-corrected chi connectivity index (χ3v) is 3.37. The van der Waals surface area contributed by atoms with Crippen molar-refractivity contribution in [2.24, 2.45) is 0 Å². The lowest BCUT2D eigenvalue weighted by molar-refractivity contribution is -0.134. The van der Waals surface area contributed by atoms with Gasteiger partial charge in [-0.1, -0.05) is 60.7 Å². The normalized spacial score (nSPS) is 10.6. The Bertz CT molecular complexity index is 518. The quantitative estimate of drug-likeness (QED) is 0.602. The van der Waals surface area contributed by atoms with Crippen molar-refractivity contribution in [3.05, 3.63) is 71.8 Å². The lowest BCUT2D eigenvalue weighted by atomic mass is 9.88. The van der Waals surface area contributed by atoms with Crippen LogP contribution >= 0.6 is 0 Å². The van der Waals surface area contributed by atoms with Gasteiger partial charge in [-0.2, -0.15) is 0 Å². The third-order valence-electron chi connectivity index (χ3n) is 3.37. The number of methoxy groups -OCH3 is 1. The number of benzene rings is 2. The summed E-state index contributed by atoms with van der Waals surface area (Å²) in [6, 6.07) is 20.0. The average molecular weight is 299 g/mol. The predicted molar refractivity (Wildman–Crippen MR) is 85.3 cm³/mol. The number of hydrogen-bond acceptors (Lipinski definition) is 3. The molecule has 2 aromatic carbocycles. The van der Waals surface area contributed by atoms with E-state index >= 15 is 0 Å². The smallest absolute Gasteiger partial charge is 0.244 e. The number of hydroxylamine groups is 1. The molecule has 0 radical (unpaired) electrons. The molecule has 1 N–H and O–H groups in total. The maximum absolute atomic E-state index is 12.1. The van der Waals surface area contributed by atoms with Crippen LogP contribution in [0.4, 0.5) is 0 Å². The number of carbonyl (C=O) groups is 1. The van der Waals surface area contributed by atoms with Gasteiger partial charge in [0.2, 0.25) is 5.91 Å². The highest BCUT2D eigenvalue weighted by atomic mass is 16.7. The molecule has 2 aromatic rings. The molecule has 22 heavy (non-hydrogen) atoms. The fourth-order valence-corrected chi connectivity index (χ4v) is 2.28. The predicted octanol–water partition coefficient (Wildman–Crippen LogP) is 2.90. The Morgan fingerprint density at radius 1 is 0.955 bits per heavy atom. The van der Waals surface area contributed by atoms with E-state index in [0.29, 0.717) is 19.6 Å². The molecule has 0 aliphatic rings. The van der Waals surface area contributed by atoms with Crippen LogP contribution in [0.25, 0.3) is 0 Å². The Morgan fingerprint density at radius 2 is 1.50 bits per heavy atom. The summed E-state index contributed by atoms with van der Waals surface area (Å²) in [7, 11) is 1.59. The molecular weight excluding hydrogens is 278 g/mol. The highest BCUT2D eigenvalue weighted by Gasteiger charge is 2.18. The molecule has 0 aromatic heterocycles. The summed E-state index contributed by atoms with van der Waals surface area (Å²) >= 11 is 0. The molecule has 116 valence electrons. The first-order valence-electron chi connectivity index (χ1n) is 7.30. The van der Waals surface area contributed by atoms with Gasteiger partial charge in [0, 0.05) is 19.4 Å². The number of ether oxygens (including phenoxy) is 1. The van der Waals surface area contributed by atoms with E-state index in [9.17, 15) is 4.79 Å². The minimum Gasteiger partial charge on any atom is -0.382 e. The van der Waals surface area contributed by atoms with E-state index in [1.165, 1.54) is 0 Å². The van der Waals surface area contributed by atoms with Gasteiger partial charge in [0.25, 0.3) is 0 Å². The monoisotopic (exact) mass is 299 g/mol. The zero-order chi connectivity index (χ0) is 15.6. The van der Waals surface area contributed by atoms with Gasteiger partial charge in [0.1, 0.15) is 0 Å². The molecule has 0 bridgehead atoms. The van der Waals surface area contributed by atoms with Crippen LogP contribution in [0.2, 0.25) is 0 Å². The molecule has 0 aliphatic heterocycles. The van der Waals surface area contributed by atoms with Crippen LogP contribution in [-0.2, 0) is 14.4 Å². The van der Waals surface area contributed by atoms with Crippen LogP contribution in [-0.4, -0.2) is 26.2 Å². The van der Waals surface area contributed by atoms with Crippen LogP contribution < -0.4 is 5.48 Å². The van der Waals surface area contributed by atoms with Crippen molar-refractivity contribution in [1.82, 2.24) is 5.48 Å². The summed E-state index contributed by atoms with van der Waals surface area (Å²) in [6.07, 6.45) is 0.334. The van der Waals surface area contributed by atoms with E-state index in [1.807, 2.05) is 60.7 Å². The van der Waals surface area contributed by atoms with Crippen LogP contribution in [0.3, 0.4) is 0 Å². The molecule has 4 nitrogen and oxygen atoms in total. The van der Waals surface area contributed by atoms with Gasteiger partial charge in [-0.15, -0.1) is 0 Å². The molecule has 0 saturated carbocycles. The van der Waals surface area contributed by atoms with Gasteiger partial charge < -0.3 is 4.74 Å². The Labute approximate surface area is 131 Å². The molecule has 2 rings (SSSR count). The number of nitrogens with one attached hydrogen (secondary N) is 1. The molecule has 0 saturated heterocycles. The van der Waals surface area contributed by atoms with Gasteiger partial charge in [0.05, 0.1) is 13.2 Å². The van der Waals surface area contributed by atoms with Crippen molar-refractivity contribution in [3.63, 3.8) is 0 Å². The second kappa shape index (κ2) is 8.97. The van der Waals surface area contributed by atoms with E-state index < -0.39 is 0 Å². The molecule has 4 heteroatoms. The average Bonchev–Trinajstić information content (AvgIpc) is 2.58. The Hall–Kier alpha value is -2.17. The number of rotatable bonds is 8. The van der Waals surface area contributed by atoms with Crippen molar-refractivity contribution >= 4 is 5.91 Å². The lowest BCUT2D eigenvalue weighted by Gasteiger charge is -2.17. The van der Waals surface area contributed by atoms with Gasteiger partial charge in [-0.05, 0) is 11.1 Å². The van der Waals surface area contributed by atoms with Crippen LogP contribution in [0.15, 0.2) is 60.7 Å². The van der Waals surface area contributed by atoms with Crippen molar-refractivity contribution in [2.45, 2.75) is 12.3 Å². The Kier molecular flexibility index (Phi) is 6.61. The summed E-state index contributed by atoms with van der Waals surface area (Å²) in [4.78, 5) is 17.2. The third kappa shape index (κ3) is 4.98. The summed E-state index contributed by atoms with van der Waals surface area (Å²) in [5.74, 6) is -0.137.